The Bertz CT molecular complexity index is 801. The van der Waals surface area contributed by atoms with E-state index in [1.54, 1.807) is 18.5 Å². The molecule has 7 heteroatoms. The van der Waals surface area contributed by atoms with Gasteiger partial charge in [-0.15, -0.1) is 3.89 Å². The standard InChI is InChI=1S/C14H13FN2O3S/c15-21(19,20)9-10-6-14(18)17(8-10)13-3-1-2-11-4-5-16-7-12(11)13/h1-5,7,10H,6,8-9H2. The van der Waals surface area contributed by atoms with Crippen LogP contribution in [0.5, 0.6) is 0 Å². The van der Waals surface area contributed by atoms with Gasteiger partial charge in [0.2, 0.25) is 5.91 Å². The Morgan fingerprint density at radius 1 is 1.33 bits per heavy atom. The van der Waals surface area contributed by atoms with Crippen molar-refractivity contribution in [2.75, 3.05) is 17.2 Å². The Labute approximate surface area is 121 Å². The summed E-state index contributed by atoms with van der Waals surface area (Å²) in [6.45, 7) is 0.204. The Kier molecular flexibility index (Phi) is 3.36. The van der Waals surface area contributed by atoms with Crippen LogP contribution < -0.4 is 4.90 Å². The van der Waals surface area contributed by atoms with Gasteiger partial charge in [-0.2, -0.15) is 8.42 Å². The van der Waals surface area contributed by atoms with E-state index in [2.05, 4.69) is 4.98 Å². The van der Waals surface area contributed by atoms with E-state index < -0.39 is 21.9 Å². The van der Waals surface area contributed by atoms with Gasteiger partial charge in [0.1, 0.15) is 0 Å². The van der Waals surface area contributed by atoms with Crippen molar-refractivity contribution in [3.63, 3.8) is 0 Å². The second-order valence-electron chi connectivity index (χ2n) is 5.15. The van der Waals surface area contributed by atoms with Crippen LogP contribution in [0.3, 0.4) is 0 Å². The number of nitrogens with zero attached hydrogens (tertiary/aromatic N) is 2. The van der Waals surface area contributed by atoms with Crippen molar-refractivity contribution in [3.8, 4) is 0 Å². The molecule has 1 aliphatic heterocycles. The van der Waals surface area contributed by atoms with Crippen molar-refractivity contribution < 1.29 is 17.1 Å². The second-order valence-corrected chi connectivity index (χ2v) is 6.56. The van der Waals surface area contributed by atoms with Crippen LogP contribution in [0.2, 0.25) is 0 Å². The molecule has 2 aromatic rings. The summed E-state index contributed by atoms with van der Waals surface area (Å²) in [6, 6.07) is 7.35. The lowest BCUT2D eigenvalue weighted by molar-refractivity contribution is -0.117. The lowest BCUT2D eigenvalue weighted by Crippen LogP contribution is -2.25. The summed E-state index contributed by atoms with van der Waals surface area (Å²) in [5.41, 5.74) is 0.685. The lowest BCUT2D eigenvalue weighted by atomic mass is 10.1. The molecule has 2 heterocycles. The first kappa shape index (κ1) is 13.9. The first-order chi connectivity index (χ1) is 9.94. The molecule has 1 fully saturated rings. The minimum Gasteiger partial charge on any atom is -0.311 e. The smallest absolute Gasteiger partial charge is 0.302 e. The molecule has 0 bridgehead atoms. The number of hydrogen-bond acceptors (Lipinski definition) is 4. The lowest BCUT2D eigenvalue weighted by Gasteiger charge is -2.18. The number of rotatable bonds is 3. The van der Waals surface area contributed by atoms with E-state index in [1.807, 2.05) is 18.2 Å². The van der Waals surface area contributed by atoms with Crippen LogP contribution >= 0.6 is 0 Å². The third-order valence-electron chi connectivity index (χ3n) is 3.59. The van der Waals surface area contributed by atoms with E-state index in [0.717, 1.165) is 10.8 Å². The maximum atomic E-state index is 12.8. The van der Waals surface area contributed by atoms with Gasteiger partial charge in [0.15, 0.2) is 0 Å². The summed E-state index contributed by atoms with van der Waals surface area (Å²) in [5.74, 6) is -1.32. The Morgan fingerprint density at radius 2 is 2.14 bits per heavy atom. The molecule has 1 aromatic heterocycles. The molecule has 0 spiro atoms. The summed E-state index contributed by atoms with van der Waals surface area (Å²) in [5, 5.41) is 1.76. The molecule has 0 N–H and O–H groups in total. The first-order valence-electron chi connectivity index (χ1n) is 6.49. The Morgan fingerprint density at radius 3 is 2.90 bits per heavy atom. The molecule has 0 aliphatic carbocycles. The zero-order valence-electron chi connectivity index (χ0n) is 11.1. The number of aromatic nitrogens is 1. The van der Waals surface area contributed by atoms with E-state index in [1.165, 1.54) is 4.90 Å². The summed E-state index contributed by atoms with van der Waals surface area (Å²) >= 11 is 0. The summed E-state index contributed by atoms with van der Waals surface area (Å²) in [7, 11) is -4.57. The number of carbonyl (C=O) groups excluding carboxylic acids is 1. The first-order valence-corrected chi connectivity index (χ1v) is 8.05. The fourth-order valence-electron chi connectivity index (χ4n) is 2.74. The van der Waals surface area contributed by atoms with Gasteiger partial charge < -0.3 is 4.90 Å². The highest BCUT2D eigenvalue weighted by molar-refractivity contribution is 7.86. The average Bonchev–Trinajstić information content (AvgIpc) is 2.76. The van der Waals surface area contributed by atoms with Crippen LogP contribution in [0.4, 0.5) is 9.57 Å². The van der Waals surface area contributed by atoms with E-state index in [4.69, 9.17) is 0 Å². The summed E-state index contributed by atoms with van der Waals surface area (Å²) in [6.07, 6.45) is 3.37. The maximum absolute atomic E-state index is 12.8. The number of amides is 1. The van der Waals surface area contributed by atoms with E-state index in [-0.39, 0.29) is 18.9 Å². The van der Waals surface area contributed by atoms with Gasteiger partial charge in [-0.1, -0.05) is 12.1 Å². The number of anilines is 1. The molecule has 1 amide bonds. The average molecular weight is 308 g/mol. The van der Waals surface area contributed by atoms with Crippen molar-refractivity contribution in [3.05, 3.63) is 36.7 Å². The molecule has 1 aliphatic rings. The van der Waals surface area contributed by atoms with Crippen LogP contribution in [-0.2, 0) is 15.0 Å². The number of pyridine rings is 1. The highest BCUT2D eigenvalue weighted by Gasteiger charge is 2.34. The van der Waals surface area contributed by atoms with Gasteiger partial charge in [-0.05, 0) is 17.5 Å². The fourth-order valence-corrected chi connectivity index (χ4v) is 3.53. The van der Waals surface area contributed by atoms with Crippen LogP contribution in [0.25, 0.3) is 10.8 Å². The quantitative estimate of drug-likeness (QED) is 0.812. The van der Waals surface area contributed by atoms with Crippen molar-refractivity contribution in [2.24, 2.45) is 5.92 Å². The molecule has 5 nitrogen and oxygen atoms in total. The zero-order chi connectivity index (χ0) is 15.0. The predicted molar refractivity (Wildman–Crippen MR) is 77.1 cm³/mol. The van der Waals surface area contributed by atoms with Crippen LogP contribution in [0.15, 0.2) is 36.7 Å². The zero-order valence-corrected chi connectivity index (χ0v) is 11.9. The van der Waals surface area contributed by atoms with Crippen molar-refractivity contribution in [1.29, 1.82) is 0 Å². The van der Waals surface area contributed by atoms with Gasteiger partial charge in [0, 0.05) is 36.7 Å². The molecular weight excluding hydrogens is 295 g/mol. The van der Waals surface area contributed by atoms with E-state index in [9.17, 15) is 17.1 Å². The number of hydrogen-bond donors (Lipinski definition) is 0. The number of benzene rings is 1. The Hall–Kier alpha value is -2.02. The SMILES string of the molecule is O=C1CC(CS(=O)(=O)F)CN1c1cccc2ccncc12. The van der Waals surface area contributed by atoms with Gasteiger partial charge in [-0.3, -0.25) is 9.78 Å². The van der Waals surface area contributed by atoms with Gasteiger partial charge >= 0.3 is 10.2 Å². The molecule has 110 valence electrons. The molecule has 21 heavy (non-hydrogen) atoms. The normalized spacial score (nSPS) is 19.4. The number of halogens is 1. The minimum atomic E-state index is -4.57. The largest absolute Gasteiger partial charge is 0.311 e. The maximum Gasteiger partial charge on any atom is 0.302 e. The van der Waals surface area contributed by atoms with Gasteiger partial charge in [0.25, 0.3) is 0 Å². The molecule has 1 aromatic carbocycles. The van der Waals surface area contributed by atoms with Crippen LogP contribution in [0.1, 0.15) is 6.42 Å². The molecule has 0 saturated carbocycles. The van der Waals surface area contributed by atoms with Gasteiger partial charge in [0.05, 0.1) is 11.4 Å². The molecule has 1 atom stereocenters. The topological polar surface area (TPSA) is 67.3 Å². The fraction of sp³-hybridized carbons (Fsp3) is 0.286. The van der Waals surface area contributed by atoms with Crippen molar-refractivity contribution >= 4 is 32.6 Å². The second kappa shape index (κ2) is 5.07. The Balaban J connectivity index is 1.95. The van der Waals surface area contributed by atoms with Crippen molar-refractivity contribution in [1.82, 2.24) is 4.98 Å². The summed E-state index contributed by atoms with van der Waals surface area (Å²) in [4.78, 5) is 17.7. The summed E-state index contributed by atoms with van der Waals surface area (Å²) < 4.78 is 34.3. The monoisotopic (exact) mass is 308 g/mol. The third-order valence-corrected chi connectivity index (χ3v) is 4.46. The molecule has 1 unspecified atom stereocenters. The highest BCUT2D eigenvalue weighted by Crippen LogP contribution is 2.31. The predicted octanol–water partition coefficient (Wildman–Crippen LogP) is 1.89. The third kappa shape index (κ3) is 2.87. The molecular formula is C14H13FN2O3S. The molecule has 0 radical (unpaired) electrons. The number of fused-ring (bicyclic) bond motifs is 1. The molecule has 1 saturated heterocycles. The van der Waals surface area contributed by atoms with Crippen molar-refractivity contribution in [2.45, 2.75) is 6.42 Å². The highest BCUT2D eigenvalue weighted by atomic mass is 32.3. The molecule has 3 rings (SSSR count). The minimum absolute atomic E-state index is 0.0415. The van der Waals surface area contributed by atoms with E-state index >= 15 is 0 Å². The number of carbonyl (C=O) groups is 1. The van der Waals surface area contributed by atoms with Crippen LogP contribution in [0, 0.1) is 5.92 Å². The van der Waals surface area contributed by atoms with Crippen LogP contribution in [-0.4, -0.2) is 31.6 Å². The van der Waals surface area contributed by atoms with E-state index in [0.29, 0.717) is 5.69 Å². The van der Waals surface area contributed by atoms with Gasteiger partial charge in [-0.25, -0.2) is 0 Å².